The van der Waals surface area contributed by atoms with Gasteiger partial charge in [-0.2, -0.15) is 0 Å². The van der Waals surface area contributed by atoms with Crippen LogP contribution in [-0.4, -0.2) is 46.3 Å². The smallest absolute Gasteiger partial charge is 0.331 e. The highest BCUT2D eigenvalue weighted by atomic mass is 16.6. The second kappa shape index (κ2) is 12.8. The lowest BCUT2D eigenvalue weighted by Crippen LogP contribution is -2.47. The van der Waals surface area contributed by atoms with Crippen molar-refractivity contribution in [1.82, 2.24) is 0 Å². The Labute approximate surface area is 213 Å². The van der Waals surface area contributed by atoms with Gasteiger partial charge in [-0.25, -0.2) is 4.79 Å². The highest BCUT2D eigenvalue weighted by Gasteiger charge is 2.42. The zero-order valence-electron chi connectivity index (χ0n) is 22.5. The molecule has 0 saturated carbocycles. The van der Waals surface area contributed by atoms with Crippen LogP contribution in [0.4, 0.5) is 0 Å². The molecule has 0 spiro atoms. The number of hydrogen-bond acceptors (Lipinski definition) is 7. The molecular weight excluding hydrogens is 464 g/mol. The molecule has 0 aliphatic heterocycles. The Bertz CT molecular complexity index is 951. The largest absolute Gasteiger partial charge is 0.481 e. The maximum Gasteiger partial charge on any atom is 0.331 e. The number of carboxylic acid groups (broad SMARTS) is 1. The van der Waals surface area contributed by atoms with Gasteiger partial charge in [0.15, 0.2) is 11.4 Å². The van der Waals surface area contributed by atoms with E-state index in [-0.39, 0.29) is 11.6 Å². The van der Waals surface area contributed by atoms with E-state index in [0.29, 0.717) is 32.1 Å². The van der Waals surface area contributed by atoms with Gasteiger partial charge in [-0.3, -0.25) is 19.2 Å². The van der Waals surface area contributed by atoms with Crippen molar-refractivity contribution < 1.29 is 38.6 Å². The van der Waals surface area contributed by atoms with Crippen molar-refractivity contribution in [3.05, 3.63) is 36.0 Å². The molecule has 2 unspecified atom stereocenters. The van der Waals surface area contributed by atoms with Crippen LogP contribution < -0.4 is 0 Å². The van der Waals surface area contributed by atoms with Crippen LogP contribution in [0.25, 0.3) is 0 Å². The molecule has 1 rings (SSSR count). The van der Waals surface area contributed by atoms with Crippen LogP contribution >= 0.6 is 0 Å². The van der Waals surface area contributed by atoms with Crippen molar-refractivity contribution in [1.29, 1.82) is 0 Å². The van der Waals surface area contributed by atoms with Crippen molar-refractivity contribution in [3.63, 3.8) is 0 Å². The molecule has 0 bridgehead atoms. The number of ether oxygens (including phenoxy) is 2. The summed E-state index contributed by atoms with van der Waals surface area (Å²) in [7, 11) is 0. The minimum absolute atomic E-state index is 0.0417. The zero-order valence-corrected chi connectivity index (χ0v) is 22.5. The monoisotopic (exact) mass is 504 g/mol. The summed E-state index contributed by atoms with van der Waals surface area (Å²) < 4.78 is 11.1. The Kier molecular flexibility index (Phi) is 11.0. The second-order valence-electron chi connectivity index (χ2n) is 10.8. The minimum atomic E-state index is -1.62. The molecule has 8 heteroatoms. The molecule has 0 aromatic heterocycles. The van der Waals surface area contributed by atoms with Crippen molar-refractivity contribution in [2.24, 2.45) is 10.8 Å². The van der Waals surface area contributed by atoms with Gasteiger partial charge in [0.25, 0.3) is 0 Å². The number of esters is 2. The summed E-state index contributed by atoms with van der Waals surface area (Å²) in [5.41, 5.74) is -2.14. The topological polar surface area (TPSA) is 124 Å². The Hall–Kier alpha value is -3.03. The maximum atomic E-state index is 13.0. The molecule has 1 aliphatic carbocycles. The van der Waals surface area contributed by atoms with E-state index in [9.17, 15) is 29.1 Å². The first-order valence-corrected chi connectivity index (χ1v) is 12.3. The predicted octanol–water partition coefficient (Wildman–Crippen LogP) is 4.91. The first kappa shape index (κ1) is 31.0. The lowest BCUT2D eigenvalue weighted by molar-refractivity contribution is -0.187. The number of aliphatic carboxylic acids is 1. The molecule has 0 heterocycles. The third kappa shape index (κ3) is 10.3. The lowest BCUT2D eigenvalue weighted by Gasteiger charge is -2.35. The van der Waals surface area contributed by atoms with Crippen molar-refractivity contribution in [2.45, 2.75) is 98.7 Å². The van der Waals surface area contributed by atoms with Crippen LogP contribution in [0.1, 0.15) is 87.0 Å². The normalized spacial score (nSPS) is 17.4. The van der Waals surface area contributed by atoms with Crippen LogP contribution in [0.15, 0.2) is 36.0 Å². The van der Waals surface area contributed by atoms with Gasteiger partial charge in [-0.15, -0.1) is 0 Å². The van der Waals surface area contributed by atoms with Gasteiger partial charge >= 0.3 is 17.9 Å². The molecule has 0 fully saturated rings. The number of carbonyl (C=O) groups excluding carboxylic acids is 4. The number of rotatable bonds is 13. The van der Waals surface area contributed by atoms with Crippen LogP contribution in [-0.2, 0) is 33.4 Å². The fourth-order valence-electron chi connectivity index (χ4n) is 3.60. The van der Waals surface area contributed by atoms with Gasteiger partial charge < -0.3 is 14.6 Å². The van der Waals surface area contributed by atoms with Gasteiger partial charge in [0, 0.05) is 30.8 Å². The first-order chi connectivity index (χ1) is 16.5. The van der Waals surface area contributed by atoms with Gasteiger partial charge in [0.05, 0.1) is 11.8 Å². The van der Waals surface area contributed by atoms with E-state index in [1.807, 2.05) is 6.08 Å². The molecular formula is C28H40O8. The Morgan fingerprint density at radius 1 is 1.06 bits per heavy atom. The van der Waals surface area contributed by atoms with Crippen molar-refractivity contribution in [2.75, 3.05) is 0 Å². The molecule has 2 atom stereocenters. The van der Waals surface area contributed by atoms with Gasteiger partial charge in [-0.1, -0.05) is 44.6 Å². The number of hydrogen-bond donors (Lipinski definition) is 1. The lowest BCUT2D eigenvalue weighted by atomic mass is 9.82. The quantitative estimate of drug-likeness (QED) is 0.213. The van der Waals surface area contributed by atoms with Crippen molar-refractivity contribution in [3.8, 4) is 0 Å². The minimum Gasteiger partial charge on any atom is -0.481 e. The van der Waals surface area contributed by atoms with Gasteiger partial charge in [0.1, 0.15) is 11.9 Å². The Morgan fingerprint density at radius 3 is 2.19 bits per heavy atom. The summed E-state index contributed by atoms with van der Waals surface area (Å²) in [6.45, 7) is 11.7. The standard InChI is InChI=1S/C28H40O8/c1-8-21(29)13-15-26(3,4)16-14-24(33)36-28(7,18-23(31)32)19(2)35-25(34)27(5,6)17-20-9-11-22(30)12-10-20/h9,13-16,19H,8,10-12,17-18H2,1-7H3,(H,31,32)/b15-13-,16-14?. The van der Waals surface area contributed by atoms with E-state index in [0.717, 1.165) is 5.57 Å². The second-order valence-corrected chi connectivity index (χ2v) is 10.8. The average Bonchev–Trinajstić information content (AvgIpc) is 2.77. The van der Waals surface area contributed by atoms with Crippen LogP contribution in [0, 0.1) is 10.8 Å². The van der Waals surface area contributed by atoms with E-state index in [2.05, 4.69) is 0 Å². The van der Waals surface area contributed by atoms with Crippen molar-refractivity contribution >= 4 is 29.5 Å². The summed E-state index contributed by atoms with van der Waals surface area (Å²) >= 11 is 0. The molecule has 36 heavy (non-hydrogen) atoms. The maximum absolute atomic E-state index is 13.0. The van der Waals surface area contributed by atoms with E-state index in [4.69, 9.17) is 9.47 Å². The van der Waals surface area contributed by atoms with E-state index >= 15 is 0 Å². The molecule has 0 aromatic carbocycles. The zero-order chi connectivity index (χ0) is 27.7. The van der Waals surface area contributed by atoms with Gasteiger partial charge in [0.2, 0.25) is 0 Å². The third-order valence-electron chi connectivity index (χ3n) is 6.24. The summed E-state index contributed by atoms with van der Waals surface area (Å²) in [5, 5.41) is 9.42. The summed E-state index contributed by atoms with van der Waals surface area (Å²) in [5.74, 6) is -2.43. The molecule has 0 saturated heterocycles. The number of allylic oxidation sites excluding steroid dienone is 5. The number of carboxylic acids is 1. The van der Waals surface area contributed by atoms with Crippen LogP contribution in [0.2, 0.25) is 0 Å². The van der Waals surface area contributed by atoms with E-state index in [1.165, 1.54) is 26.0 Å². The molecule has 0 radical (unpaired) electrons. The molecule has 0 aromatic rings. The average molecular weight is 505 g/mol. The number of ketones is 2. The Morgan fingerprint density at radius 2 is 1.67 bits per heavy atom. The molecule has 8 nitrogen and oxygen atoms in total. The molecule has 1 N–H and O–H groups in total. The van der Waals surface area contributed by atoms with Crippen LogP contribution in [0.5, 0.6) is 0 Å². The highest BCUT2D eigenvalue weighted by molar-refractivity contribution is 5.89. The fourth-order valence-corrected chi connectivity index (χ4v) is 3.60. The number of carbonyl (C=O) groups is 5. The van der Waals surface area contributed by atoms with Gasteiger partial charge in [-0.05, 0) is 46.6 Å². The molecule has 200 valence electrons. The highest BCUT2D eigenvalue weighted by Crippen LogP contribution is 2.33. The van der Waals surface area contributed by atoms with Crippen LogP contribution in [0.3, 0.4) is 0 Å². The van der Waals surface area contributed by atoms with E-state index in [1.54, 1.807) is 46.8 Å². The third-order valence-corrected chi connectivity index (χ3v) is 6.24. The molecule has 0 amide bonds. The predicted molar refractivity (Wildman–Crippen MR) is 135 cm³/mol. The molecule has 1 aliphatic rings. The summed E-state index contributed by atoms with van der Waals surface area (Å²) in [6, 6.07) is 0. The summed E-state index contributed by atoms with van der Waals surface area (Å²) in [6.07, 6.45) is 8.29. The number of Topliss-reactive ketones (excluding diaryl/α,β-unsaturated/α-hetero) is 1. The summed E-state index contributed by atoms with van der Waals surface area (Å²) in [4.78, 5) is 60.1. The first-order valence-electron chi connectivity index (χ1n) is 12.3. The Balaban J connectivity index is 2.94. The fraction of sp³-hybridized carbons (Fsp3) is 0.607. The SMILES string of the molecule is CCC(=O)/C=C\C(C)(C)C=CC(=O)OC(C)(CC(=O)O)C(C)OC(=O)C(C)(C)CC1=CCC(=O)CC1. The van der Waals surface area contributed by atoms with E-state index < -0.39 is 46.9 Å².